The van der Waals surface area contributed by atoms with Crippen LogP contribution in [0, 0.1) is 11.6 Å². The van der Waals surface area contributed by atoms with E-state index in [9.17, 15) is 18.4 Å². The van der Waals surface area contributed by atoms with Crippen LogP contribution in [0.4, 0.5) is 8.78 Å². The summed E-state index contributed by atoms with van der Waals surface area (Å²) in [5, 5.41) is 2.68. The van der Waals surface area contributed by atoms with Crippen molar-refractivity contribution in [3.05, 3.63) is 70.8 Å². The highest BCUT2D eigenvalue weighted by Gasteiger charge is 2.15. The number of hydrogen-bond donors (Lipinski definition) is 1. The molecule has 2 aromatic rings. The van der Waals surface area contributed by atoms with Crippen molar-refractivity contribution in [2.75, 3.05) is 0 Å². The molecule has 0 aliphatic carbocycles. The molecule has 0 fully saturated rings. The smallest absolute Gasteiger partial charge is 0.220 e. The Bertz CT molecular complexity index is 752. The quantitative estimate of drug-likeness (QED) is 0.717. The van der Waals surface area contributed by atoms with Gasteiger partial charge in [0.1, 0.15) is 11.6 Å². The van der Waals surface area contributed by atoms with Gasteiger partial charge in [-0.15, -0.1) is 0 Å². The van der Waals surface area contributed by atoms with Crippen LogP contribution in [0.25, 0.3) is 0 Å². The SMILES string of the molecule is CCc1ccc(C(=O)CCC(=O)NC(C)Cc2c(F)cccc2F)cc1. The highest BCUT2D eigenvalue weighted by Crippen LogP contribution is 2.14. The molecule has 1 unspecified atom stereocenters. The Hall–Kier alpha value is -2.56. The number of amides is 1. The van der Waals surface area contributed by atoms with Crippen molar-refractivity contribution in [2.24, 2.45) is 0 Å². The molecular formula is C21H23F2NO2. The topological polar surface area (TPSA) is 46.2 Å². The molecule has 2 aromatic carbocycles. The van der Waals surface area contributed by atoms with Crippen LogP contribution in [0.3, 0.4) is 0 Å². The molecule has 0 heterocycles. The number of nitrogens with one attached hydrogen (secondary N) is 1. The maximum absolute atomic E-state index is 13.6. The Morgan fingerprint density at radius 2 is 1.62 bits per heavy atom. The number of halogens is 2. The van der Waals surface area contributed by atoms with E-state index in [-0.39, 0.29) is 36.5 Å². The molecule has 1 atom stereocenters. The van der Waals surface area contributed by atoms with Crippen LogP contribution in [-0.4, -0.2) is 17.7 Å². The predicted octanol–water partition coefficient (Wildman–Crippen LogP) is 4.24. The van der Waals surface area contributed by atoms with Gasteiger partial charge in [-0.05, 0) is 37.5 Å². The molecule has 0 spiro atoms. The lowest BCUT2D eigenvalue weighted by Gasteiger charge is -2.15. The molecule has 2 rings (SSSR count). The van der Waals surface area contributed by atoms with E-state index < -0.39 is 17.7 Å². The largest absolute Gasteiger partial charge is 0.353 e. The molecule has 3 nitrogen and oxygen atoms in total. The van der Waals surface area contributed by atoms with E-state index in [2.05, 4.69) is 5.32 Å². The van der Waals surface area contributed by atoms with E-state index >= 15 is 0 Å². The second-order valence-electron chi connectivity index (χ2n) is 6.35. The molecule has 26 heavy (non-hydrogen) atoms. The highest BCUT2D eigenvalue weighted by atomic mass is 19.1. The lowest BCUT2D eigenvalue weighted by atomic mass is 10.0. The summed E-state index contributed by atoms with van der Waals surface area (Å²) in [5.74, 6) is -1.67. The van der Waals surface area contributed by atoms with Gasteiger partial charge < -0.3 is 5.32 Å². The first kappa shape index (κ1) is 19.8. The molecule has 0 aromatic heterocycles. The van der Waals surface area contributed by atoms with Crippen molar-refractivity contribution in [1.82, 2.24) is 5.32 Å². The van der Waals surface area contributed by atoms with Crippen LogP contribution < -0.4 is 5.32 Å². The van der Waals surface area contributed by atoms with Crippen LogP contribution in [-0.2, 0) is 17.6 Å². The van der Waals surface area contributed by atoms with Gasteiger partial charge in [0.05, 0.1) is 0 Å². The monoisotopic (exact) mass is 359 g/mol. The minimum Gasteiger partial charge on any atom is -0.353 e. The van der Waals surface area contributed by atoms with Gasteiger partial charge in [0.25, 0.3) is 0 Å². The zero-order valence-electron chi connectivity index (χ0n) is 15.0. The van der Waals surface area contributed by atoms with E-state index in [1.807, 2.05) is 19.1 Å². The molecule has 0 radical (unpaired) electrons. The Labute approximate surface area is 152 Å². The lowest BCUT2D eigenvalue weighted by molar-refractivity contribution is -0.121. The van der Waals surface area contributed by atoms with Gasteiger partial charge in [-0.1, -0.05) is 37.3 Å². The van der Waals surface area contributed by atoms with Crippen LogP contribution in [0.15, 0.2) is 42.5 Å². The molecule has 0 bridgehead atoms. The molecular weight excluding hydrogens is 336 g/mol. The van der Waals surface area contributed by atoms with Gasteiger partial charge in [0.2, 0.25) is 5.91 Å². The van der Waals surface area contributed by atoms with Crippen LogP contribution >= 0.6 is 0 Å². The molecule has 0 saturated heterocycles. The first-order valence-electron chi connectivity index (χ1n) is 8.75. The van der Waals surface area contributed by atoms with E-state index in [0.717, 1.165) is 12.0 Å². The molecule has 1 amide bonds. The summed E-state index contributed by atoms with van der Waals surface area (Å²) >= 11 is 0. The lowest BCUT2D eigenvalue weighted by Crippen LogP contribution is -2.34. The van der Waals surface area contributed by atoms with Gasteiger partial charge in [0.15, 0.2) is 5.78 Å². The third-order valence-corrected chi connectivity index (χ3v) is 4.24. The second-order valence-corrected chi connectivity index (χ2v) is 6.35. The Kier molecular flexibility index (Phi) is 7.01. The standard InChI is InChI=1S/C21H23F2NO2/c1-3-15-7-9-16(10-8-15)20(25)11-12-21(26)24-14(2)13-17-18(22)5-4-6-19(17)23/h4-10,14H,3,11-13H2,1-2H3,(H,24,26). The number of rotatable bonds is 8. The fourth-order valence-corrected chi connectivity index (χ4v) is 2.73. The summed E-state index contributed by atoms with van der Waals surface area (Å²) in [5.41, 5.74) is 1.68. The fourth-order valence-electron chi connectivity index (χ4n) is 2.73. The molecule has 0 saturated carbocycles. The maximum atomic E-state index is 13.6. The average Bonchev–Trinajstić information content (AvgIpc) is 2.63. The third-order valence-electron chi connectivity index (χ3n) is 4.24. The molecule has 1 N–H and O–H groups in total. The molecule has 0 aliphatic heterocycles. The number of aryl methyl sites for hydroxylation is 1. The number of hydrogen-bond acceptors (Lipinski definition) is 2. The van der Waals surface area contributed by atoms with Crippen molar-refractivity contribution >= 4 is 11.7 Å². The Morgan fingerprint density at radius 3 is 2.19 bits per heavy atom. The first-order valence-corrected chi connectivity index (χ1v) is 8.75. The van der Waals surface area contributed by atoms with E-state index in [1.165, 1.54) is 18.2 Å². The predicted molar refractivity (Wildman–Crippen MR) is 97.1 cm³/mol. The Balaban J connectivity index is 1.83. The second kappa shape index (κ2) is 9.22. The summed E-state index contributed by atoms with van der Waals surface area (Å²) in [4.78, 5) is 24.1. The Morgan fingerprint density at radius 1 is 1.00 bits per heavy atom. The number of carbonyl (C=O) groups excluding carboxylic acids is 2. The summed E-state index contributed by atoms with van der Waals surface area (Å²) in [6.07, 6.45) is 1.09. The van der Waals surface area contributed by atoms with E-state index in [4.69, 9.17) is 0 Å². The van der Waals surface area contributed by atoms with Gasteiger partial charge in [-0.3, -0.25) is 9.59 Å². The van der Waals surface area contributed by atoms with E-state index in [1.54, 1.807) is 19.1 Å². The number of Topliss-reactive ketones (excluding diaryl/α,β-unsaturated/α-hetero) is 1. The average molecular weight is 359 g/mol. The van der Waals surface area contributed by atoms with E-state index in [0.29, 0.717) is 5.56 Å². The van der Waals surface area contributed by atoms with Crippen molar-refractivity contribution in [1.29, 1.82) is 0 Å². The first-order chi connectivity index (χ1) is 12.4. The minimum absolute atomic E-state index is 0.0401. The maximum Gasteiger partial charge on any atom is 0.220 e. The molecule has 0 aliphatic rings. The highest BCUT2D eigenvalue weighted by molar-refractivity contribution is 5.98. The minimum atomic E-state index is -0.628. The zero-order chi connectivity index (χ0) is 19.1. The van der Waals surface area contributed by atoms with Gasteiger partial charge in [0, 0.05) is 30.0 Å². The van der Waals surface area contributed by atoms with Crippen molar-refractivity contribution in [2.45, 2.75) is 45.6 Å². The molecule has 5 heteroatoms. The van der Waals surface area contributed by atoms with Crippen LogP contribution in [0.2, 0.25) is 0 Å². The van der Waals surface area contributed by atoms with Crippen LogP contribution in [0.5, 0.6) is 0 Å². The summed E-state index contributed by atoms with van der Waals surface area (Å²) < 4.78 is 27.3. The van der Waals surface area contributed by atoms with Gasteiger partial charge in [-0.2, -0.15) is 0 Å². The van der Waals surface area contributed by atoms with Crippen LogP contribution in [0.1, 0.15) is 48.2 Å². The summed E-state index contributed by atoms with van der Waals surface area (Å²) in [7, 11) is 0. The zero-order valence-corrected chi connectivity index (χ0v) is 15.0. The molecule has 138 valence electrons. The number of ketones is 1. The van der Waals surface area contributed by atoms with Crippen molar-refractivity contribution < 1.29 is 18.4 Å². The number of benzene rings is 2. The van der Waals surface area contributed by atoms with Crippen molar-refractivity contribution in [3.63, 3.8) is 0 Å². The van der Waals surface area contributed by atoms with Gasteiger partial charge in [-0.25, -0.2) is 8.78 Å². The number of carbonyl (C=O) groups is 2. The third kappa shape index (κ3) is 5.48. The fraction of sp³-hybridized carbons (Fsp3) is 0.333. The summed E-state index contributed by atoms with van der Waals surface area (Å²) in [6.45, 7) is 3.71. The van der Waals surface area contributed by atoms with Crippen molar-refractivity contribution in [3.8, 4) is 0 Å². The van der Waals surface area contributed by atoms with Gasteiger partial charge >= 0.3 is 0 Å². The summed E-state index contributed by atoms with van der Waals surface area (Å²) in [6, 6.07) is 10.6. The normalized spacial score (nSPS) is 11.8.